The van der Waals surface area contributed by atoms with E-state index in [4.69, 9.17) is 4.74 Å². The summed E-state index contributed by atoms with van der Waals surface area (Å²) in [6.07, 6.45) is 4.77. The summed E-state index contributed by atoms with van der Waals surface area (Å²) in [6, 6.07) is 17.2. The lowest BCUT2D eigenvalue weighted by atomic mass is 10.1. The zero-order valence-electron chi connectivity index (χ0n) is 15.3. The van der Waals surface area contributed by atoms with Gasteiger partial charge in [0.25, 0.3) is 0 Å². The fraction of sp³-hybridized carbons (Fsp3) is 0.364. The molecule has 4 rings (SSSR count). The standard InChI is InChI=1S/C22H24N2O3/c25-21-14-16(15-24(21)17-8-4-5-9-17)22(26)23-19-12-6-7-13-20(19)27-18-10-2-1-3-11-18/h1-3,6-7,10-13,16-17H,4-5,8-9,14-15H2,(H,23,26)/t16-/m1/s1. The first-order valence-corrected chi connectivity index (χ1v) is 9.63. The van der Waals surface area contributed by atoms with E-state index in [0.29, 0.717) is 36.2 Å². The maximum absolute atomic E-state index is 12.8. The topological polar surface area (TPSA) is 58.6 Å². The van der Waals surface area contributed by atoms with Gasteiger partial charge in [-0.2, -0.15) is 0 Å². The quantitative estimate of drug-likeness (QED) is 0.865. The van der Waals surface area contributed by atoms with Crippen molar-refractivity contribution >= 4 is 17.5 Å². The summed E-state index contributed by atoms with van der Waals surface area (Å²) in [6.45, 7) is 0.525. The Bertz CT molecular complexity index is 815. The second-order valence-electron chi connectivity index (χ2n) is 7.29. The molecule has 0 aromatic heterocycles. The molecule has 5 heteroatoms. The van der Waals surface area contributed by atoms with E-state index in [1.165, 1.54) is 12.8 Å². The van der Waals surface area contributed by atoms with Crippen LogP contribution in [0, 0.1) is 5.92 Å². The molecule has 5 nitrogen and oxygen atoms in total. The van der Waals surface area contributed by atoms with Crippen molar-refractivity contribution in [3.8, 4) is 11.5 Å². The number of carbonyl (C=O) groups excluding carboxylic acids is 2. The number of benzene rings is 2. The highest BCUT2D eigenvalue weighted by Gasteiger charge is 2.38. The van der Waals surface area contributed by atoms with Crippen LogP contribution in [-0.2, 0) is 9.59 Å². The van der Waals surface area contributed by atoms with Crippen molar-refractivity contribution in [1.82, 2.24) is 4.90 Å². The molecular formula is C22H24N2O3. The minimum absolute atomic E-state index is 0.107. The summed E-state index contributed by atoms with van der Waals surface area (Å²) in [7, 11) is 0. The molecule has 27 heavy (non-hydrogen) atoms. The summed E-state index contributed by atoms with van der Waals surface area (Å²) in [5.41, 5.74) is 0.623. The lowest BCUT2D eigenvalue weighted by Crippen LogP contribution is -2.35. The Kier molecular flexibility index (Phi) is 5.10. The number of carbonyl (C=O) groups is 2. The molecule has 1 atom stereocenters. The Labute approximate surface area is 159 Å². The second kappa shape index (κ2) is 7.82. The first-order valence-electron chi connectivity index (χ1n) is 9.63. The van der Waals surface area contributed by atoms with Gasteiger partial charge in [-0.15, -0.1) is 0 Å². The van der Waals surface area contributed by atoms with Gasteiger partial charge in [0.1, 0.15) is 5.75 Å². The fourth-order valence-corrected chi connectivity index (χ4v) is 3.99. The van der Waals surface area contributed by atoms with Gasteiger partial charge in [-0.3, -0.25) is 9.59 Å². The third-order valence-electron chi connectivity index (χ3n) is 5.41. The summed E-state index contributed by atoms with van der Waals surface area (Å²) in [4.78, 5) is 27.1. The third kappa shape index (κ3) is 3.97. The van der Waals surface area contributed by atoms with Crippen molar-refractivity contribution in [3.05, 3.63) is 54.6 Å². The number of anilines is 1. The maximum atomic E-state index is 12.8. The van der Waals surface area contributed by atoms with Gasteiger partial charge in [-0.1, -0.05) is 43.2 Å². The Morgan fingerprint density at radius 2 is 1.70 bits per heavy atom. The van der Waals surface area contributed by atoms with Crippen molar-refractivity contribution in [2.24, 2.45) is 5.92 Å². The molecule has 0 spiro atoms. The van der Waals surface area contributed by atoms with Crippen LogP contribution in [0.1, 0.15) is 32.1 Å². The number of nitrogens with one attached hydrogen (secondary N) is 1. The minimum atomic E-state index is -0.303. The summed E-state index contributed by atoms with van der Waals surface area (Å²) in [5.74, 6) is 0.989. The number of nitrogens with zero attached hydrogens (tertiary/aromatic N) is 1. The van der Waals surface area contributed by atoms with Gasteiger partial charge < -0.3 is 15.0 Å². The number of para-hydroxylation sites is 3. The zero-order chi connectivity index (χ0) is 18.6. The van der Waals surface area contributed by atoms with E-state index < -0.39 is 0 Å². The Morgan fingerprint density at radius 3 is 2.48 bits per heavy atom. The highest BCUT2D eigenvalue weighted by molar-refractivity contribution is 5.98. The molecule has 140 valence electrons. The lowest BCUT2D eigenvalue weighted by Gasteiger charge is -2.24. The molecule has 0 radical (unpaired) electrons. The number of likely N-dealkylation sites (tertiary alicyclic amines) is 1. The van der Waals surface area contributed by atoms with E-state index >= 15 is 0 Å². The predicted molar refractivity (Wildman–Crippen MR) is 104 cm³/mol. The second-order valence-corrected chi connectivity index (χ2v) is 7.29. The number of hydrogen-bond acceptors (Lipinski definition) is 3. The van der Waals surface area contributed by atoms with Gasteiger partial charge in [0.15, 0.2) is 5.75 Å². The molecule has 1 aliphatic carbocycles. The molecule has 1 N–H and O–H groups in total. The molecule has 0 bridgehead atoms. The van der Waals surface area contributed by atoms with Gasteiger partial charge in [0.2, 0.25) is 11.8 Å². The first kappa shape index (κ1) is 17.6. The van der Waals surface area contributed by atoms with Crippen LogP contribution in [0.15, 0.2) is 54.6 Å². The lowest BCUT2D eigenvalue weighted by molar-refractivity contribution is -0.129. The highest BCUT2D eigenvalue weighted by atomic mass is 16.5. The van der Waals surface area contributed by atoms with E-state index in [0.717, 1.165) is 12.8 Å². The Balaban J connectivity index is 1.43. The monoisotopic (exact) mass is 364 g/mol. The van der Waals surface area contributed by atoms with E-state index in [2.05, 4.69) is 5.32 Å². The SMILES string of the molecule is O=C(Nc1ccccc1Oc1ccccc1)[C@@H]1CC(=O)N(C2CCCC2)C1. The number of ether oxygens (including phenoxy) is 1. The molecular weight excluding hydrogens is 340 g/mol. The maximum Gasteiger partial charge on any atom is 0.229 e. The zero-order valence-corrected chi connectivity index (χ0v) is 15.3. The van der Waals surface area contributed by atoms with E-state index in [-0.39, 0.29) is 17.7 Å². The van der Waals surface area contributed by atoms with Gasteiger partial charge in [0, 0.05) is 19.0 Å². The van der Waals surface area contributed by atoms with Crippen LogP contribution in [0.25, 0.3) is 0 Å². The van der Waals surface area contributed by atoms with Crippen LogP contribution >= 0.6 is 0 Å². The molecule has 2 amide bonds. The average molecular weight is 364 g/mol. The fourth-order valence-electron chi connectivity index (χ4n) is 3.99. The molecule has 2 aliphatic rings. The van der Waals surface area contributed by atoms with Crippen molar-refractivity contribution in [2.45, 2.75) is 38.1 Å². The van der Waals surface area contributed by atoms with Gasteiger partial charge in [0.05, 0.1) is 11.6 Å². The van der Waals surface area contributed by atoms with Gasteiger partial charge in [-0.05, 0) is 37.1 Å². The van der Waals surface area contributed by atoms with Crippen molar-refractivity contribution in [3.63, 3.8) is 0 Å². The largest absolute Gasteiger partial charge is 0.455 e. The van der Waals surface area contributed by atoms with Gasteiger partial charge >= 0.3 is 0 Å². The Morgan fingerprint density at radius 1 is 1.00 bits per heavy atom. The highest BCUT2D eigenvalue weighted by Crippen LogP contribution is 2.32. The first-order chi connectivity index (χ1) is 13.2. The summed E-state index contributed by atoms with van der Waals surface area (Å²) >= 11 is 0. The normalized spacial score (nSPS) is 20.1. The molecule has 1 saturated carbocycles. The van der Waals surface area contributed by atoms with Crippen molar-refractivity contribution < 1.29 is 14.3 Å². The molecule has 1 heterocycles. The molecule has 2 aromatic carbocycles. The summed E-state index contributed by atoms with van der Waals surface area (Å²) < 4.78 is 5.90. The molecule has 1 saturated heterocycles. The third-order valence-corrected chi connectivity index (χ3v) is 5.41. The van der Waals surface area contributed by atoms with Crippen LogP contribution in [0.5, 0.6) is 11.5 Å². The van der Waals surface area contributed by atoms with Crippen molar-refractivity contribution in [2.75, 3.05) is 11.9 Å². The number of rotatable bonds is 5. The van der Waals surface area contributed by atoms with Gasteiger partial charge in [-0.25, -0.2) is 0 Å². The minimum Gasteiger partial charge on any atom is -0.455 e. The molecule has 2 fully saturated rings. The molecule has 0 unspecified atom stereocenters. The van der Waals surface area contributed by atoms with Crippen molar-refractivity contribution in [1.29, 1.82) is 0 Å². The van der Waals surface area contributed by atoms with E-state index in [9.17, 15) is 9.59 Å². The molecule has 1 aliphatic heterocycles. The number of amides is 2. The van der Waals surface area contributed by atoms with Crippen LogP contribution in [0.4, 0.5) is 5.69 Å². The predicted octanol–water partition coefficient (Wildman–Crippen LogP) is 4.21. The summed E-state index contributed by atoms with van der Waals surface area (Å²) in [5, 5.41) is 2.96. The smallest absolute Gasteiger partial charge is 0.229 e. The average Bonchev–Trinajstić information content (AvgIpc) is 3.33. The van der Waals surface area contributed by atoms with Crippen LogP contribution in [0.2, 0.25) is 0 Å². The Hall–Kier alpha value is -2.82. The van der Waals surface area contributed by atoms with Crippen LogP contribution in [0.3, 0.4) is 0 Å². The van der Waals surface area contributed by atoms with Crippen LogP contribution in [-0.4, -0.2) is 29.3 Å². The van der Waals surface area contributed by atoms with E-state index in [1.54, 1.807) is 0 Å². The number of hydrogen-bond donors (Lipinski definition) is 1. The van der Waals surface area contributed by atoms with E-state index in [1.807, 2.05) is 59.5 Å². The molecule has 2 aromatic rings. The van der Waals surface area contributed by atoms with Crippen LogP contribution < -0.4 is 10.1 Å².